The van der Waals surface area contributed by atoms with E-state index >= 15 is 0 Å². The maximum atomic E-state index is 13.0. The molecule has 0 radical (unpaired) electrons. The number of nitrogens with zero attached hydrogens (tertiary/aromatic N) is 3. The average Bonchev–Trinajstić information content (AvgIpc) is 3.39. The minimum atomic E-state index is -0.490. The Kier molecular flexibility index (Phi) is 4.49. The number of rotatable bonds is 5. The molecule has 0 N–H and O–H groups in total. The van der Waals surface area contributed by atoms with Crippen LogP contribution in [-0.2, 0) is 11.3 Å². The van der Waals surface area contributed by atoms with Gasteiger partial charge in [-0.3, -0.25) is 0 Å². The molecule has 6 nitrogen and oxygen atoms in total. The number of hydrogen-bond acceptors (Lipinski definition) is 5. The molecule has 134 valence electrons. The third kappa shape index (κ3) is 3.77. The number of carbonyl (C=O) groups is 1. The highest BCUT2D eigenvalue weighted by molar-refractivity contribution is 5.89. The van der Waals surface area contributed by atoms with Gasteiger partial charge in [-0.05, 0) is 60.7 Å². The van der Waals surface area contributed by atoms with Crippen molar-refractivity contribution in [3.8, 4) is 17.1 Å². The van der Waals surface area contributed by atoms with Crippen molar-refractivity contribution in [3.63, 3.8) is 0 Å². The van der Waals surface area contributed by atoms with Gasteiger partial charge < -0.3 is 13.8 Å². The van der Waals surface area contributed by atoms with Gasteiger partial charge in [0, 0.05) is 23.6 Å². The van der Waals surface area contributed by atoms with E-state index in [0.717, 1.165) is 5.69 Å². The summed E-state index contributed by atoms with van der Waals surface area (Å²) in [5, 5.41) is 3.80. The zero-order valence-corrected chi connectivity index (χ0v) is 14.1. The summed E-state index contributed by atoms with van der Waals surface area (Å²) in [6, 6.07) is 16.6. The Morgan fingerprint density at radius 1 is 1.04 bits per heavy atom. The van der Waals surface area contributed by atoms with Crippen molar-refractivity contribution in [1.29, 1.82) is 0 Å². The molecule has 0 unspecified atom stereocenters. The topological polar surface area (TPSA) is 70.2 Å². The van der Waals surface area contributed by atoms with Gasteiger partial charge in [0.15, 0.2) is 6.61 Å². The molecule has 2 aromatic heterocycles. The van der Waals surface area contributed by atoms with Crippen molar-refractivity contribution in [1.82, 2.24) is 14.7 Å². The second-order valence-electron chi connectivity index (χ2n) is 5.73. The van der Waals surface area contributed by atoms with Gasteiger partial charge >= 0.3 is 5.97 Å². The van der Waals surface area contributed by atoms with Crippen LogP contribution in [0.15, 0.2) is 77.6 Å². The first-order chi connectivity index (χ1) is 13.2. The molecule has 4 rings (SSSR count). The predicted octanol–water partition coefficient (Wildman–Crippen LogP) is 4.02. The summed E-state index contributed by atoms with van der Waals surface area (Å²) in [5.41, 5.74) is 1.97. The fourth-order valence-electron chi connectivity index (χ4n) is 2.52. The number of aromatic nitrogens is 3. The van der Waals surface area contributed by atoms with Crippen molar-refractivity contribution < 1.29 is 18.4 Å². The summed E-state index contributed by atoms with van der Waals surface area (Å²) in [5.74, 6) is -0.376. The Bertz CT molecular complexity index is 1040. The van der Waals surface area contributed by atoms with E-state index in [4.69, 9.17) is 9.26 Å². The molecule has 0 aliphatic carbocycles. The van der Waals surface area contributed by atoms with Crippen LogP contribution in [-0.4, -0.2) is 20.7 Å². The standard InChI is InChI=1S/C20H14FN3O3/c21-16-7-3-14(4-8-16)19-22-18(27-23-19)13-26-20(25)15-5-9-17(10-6-15)24-11-1-2-12-24/h1-12H,13H2. The van der Waals surface area contributed by atoms with Gasteiger partial charge in [-0.25, -0.2) is 9.18 Å². The van der Waals surface area contributed by atoms with E-state index in [1.807, 2.05) is 41.2 Å². The lowest BCUT2D eigenvalue weighted by Gasteiger charge is -2.05. The smallest absolute Gasteiger partial charge is 0.338 e. The summed E-state index contributed by atoms with van der Waals surface area (Å²) < 4.78 is 25.2. The molecule has 7 heteroatoms. The van der Waals surface area contributed by atoms with Gasteiger partial charge in [0.05, 0.1) is 5.56 Å². The first-order valence-electron chi connectivity index (χ1n) is 8.18. The molecule has 0 spiro atoms. The van der Waals surface area contributed by atoms with Gasteiger partial charge in [-0.1, -0.05) is 5.16 Å². The lowest BCUT2D eigenvalue weighted by Crippen LogP contribution is -2.05. The van der Waals surface area contributed by atoms with Crippen molar-refractivity contribution in [2.45, 2.75) is 6.61 Å². The largest absolute Gasteiger partial charge is 0.452 e. The lowest BCUT2D eigenvalue weighted by molar-refractivity contribution is 0.0430. The third-order valence-corrected chi connectivity index (χ3v) is 3.90. The quantitative estimate of drug-likeness (QED) is 0.501. The van der Waals surface area contributed by atoms with Crippen LogP contribution < -0.4 is 0 Å². The number of esters is 1. The average molecular weight is 363 g/mol. The van der Waals surface area contributed by atoms with Gasteiger partial charge in [0.2, 0.25) is 5.82 Å². The highest BCUT2D eigenvalue weighted by atomic mass is 19.1. The monoisotopic (exact) mass is 363 g/mol. The highest BCUT2D eigenvalue weighted by Crippen LogP contribution is 2.17. The summed E-state index contributed by atoms with van der Waals surface area (Å²) in [7, 11) is 0. The summed E-state index contributed by atoms with van der Waals surface area (Å²) in [6.07, 6.45) is 3.84. The van der Waals surface area contributed by atoms with E-state index in [0.29, 0.717) is 17.0 Å². The highest BCUT2D eigenvalue weighted by Gasteiger charge is 2.13. The molecule has 0 fully saturated rings. The van der Waals surface area contributed by atoms with Crippen LogP contribution in [0.5, 0.6) is 0 Å². The minimum Gasteiger partial charge on any atom is -0.452 e. The fourth-order valence-corrected chi connectivity index (χ4v) is 2.52. The second-order valence-corrected chi connectivity index (χ2v) is 5.73. The van der Waals surface area contributed by atoms with Crippen molar-refractivity contribution in [2.24, 2.45) is 0 Å². The van der Waals surface area contributed by atoms with Crippen molar-refractivity contribution in [2.75, 3.05) is 0 Å². The van der Waals surface area contributed by atoms with E-state index in [1.54, 1.807) is 24.3 Å². The second kappa shape index (κ2) is 7.25. The molecular weight excluding hydrogens is 349 g/mol. The zero-order chi connectivity index (χ0) is 18.6. The summed E-state index contributed by atoms with van der Waals surface area (Å²) in [6.45, 7) is -0.146. The number of hydrogen-bond donors (Lipinski definition) is 0. The maximum Gasteiger partial charge on any atom is 0.338 e. The van der Waals surface area contributed by atoms with Crippen molar-refractivity contribution in [3.05, 3.63) is 90.3 Å². The summed E-state index contributed by atoms with van der Waals surface area (Å²) >= 11 is 0. The Balaban J connectivity index is 1.38. The molecule has 0 bridgehead atoms. The van der Waals surface area contributed by atoms with Gasteiger partial charge in [-0.15, -0.1) is 0 Å². The summed E-state index contributed by atoms with van der Waals surface area (Å²) in [4.78, 5) is 16.3. The molecule has 0 amide bonds. The van der Waals surface area contributed by atoms with Gasteiger partial charge in [0.1, 0.15) is 5.82 Å². The van der Waals surface area contributed by atoms with E-state index in [1.165, 1.54) is 12.1 Å². The SMILES string of the molecule is O=C(OCc1nc(-c2ccc(F)cc2)no1)c1ccc(-n2cccc2)cc1. The Morgan fingerprint density at radius 3 is 2.44 bits per heavy atom. The van der Waals surface area contributed by atoms with Crippen LogP contribution in [0.4, 0.5) is 4.39 Å². The van der Waals surface area contributed by atoms with E-state index in [2.05, 4.69) is 10.1 Å². The number of benzene rings is 2. The number of carbonyl (C=O) groups excluding carboxylic acids is 1. The normalized spacial score (nSPS) is 10.7. The van der Waals surface area contributed by atoms with Gasteiger partial charge in [-0.2, -0.15) is 4.98 Å². The molecule has 2 heterocycles. The predicted molar refractivity (Wildman–Crippen MR) is 94.6 cm³/mol. The molecule has 0 saturated heterocycles. The molecule has 0 aliphatic rings. The molecular formula is C20H14FN3O3. The van der Waals surface area contributed by atoms with Crippen LogP contribution in [0.2, 0.25) is 0 Å². The molecule has 0 atom stereocenters. The van der Waals surface area contributed by atoms with E-state index in [-0.39, 0.29) is 18.3 Å². The first kappa shape index (κ1) is 16.7. The number of halogens is 1. The molecule has 0 saturated carbocycles. The van der Waals surface area contributed by atoms with E-state index in [9.17, 15) is 9.18 Å². The van der Waals surface area contributed by atoms with Crippen LogP contribution >= 0.6 is 0 Å². The Hall–Kier alpha value is -3.74. The fraction of sp³-hybridized carbons (Fsp3) is 0.0500. The number of ether oxygens (including phenoxy) is 1. The Morgan fingerprint density at radius 2 is 1.74 bits per heavy atom. The zero-order valence-electron chi connectivity index (χ0n) is 14.1. The molecule has 4 aromatic rings. The maximum absolute atomic E-state index is 13.0. The third-order valence-electron chi connectivity index (χ3n) is 3.90. The molecule has 2 aromatic carbocycles. The van der Waals surface area contributed by atoms with Crippen LogP contribution in [0.3, 0.4) is 0 Å². The van der Waals surface area contributed by atoms with E-state index < -0.39 is 5.97 Å². The first-order valence-corrected chi connectivity index (χ1v) is 8.18. The van der Waals surface area contributed by atoms with Crippen molar-refractivity contribution >= 4 is 5.97 Å². The van der Waals surface area contributed by atoms with Crippen LogP contribution in [0.1, 0.15) is 16.2 Å². The van der Waals surface area contributed by atoms with Gasteiger partial charge in [0.25, 0.3) is 5.89 Å². The minimum absolute atomic E-state index is 0.146. The molecule has 0 aliphatic heterocycles. The molecule has 27 heavy (non-hydrogen) atoms. The van der Waals surface area contributed by atoms with Crippen LogP contribution in [0.25, 0.3) is 17.1 Å². The lowest BCUT2D eigenvalue weighted by atomic mass is 10.2. The van der Waals surface area contributed by atoms with Crippen LogP contribution in [0, 0.1) is 5.82 Å². The Labute approximate surface area is 153 Å².